The average Bonchev–Trinajstić information content (AvgIpc) is 3.36. The number of carbonyl (C=O) groups is 1. The summed E-state index contributed by atoms with van der Waals surface area (Å²) in [4.78, 5) is 13.2. The van der Waals surface area contributed by atoms with E-state index in [1.54, 1.807) is 13.2 Å². The van der Waals surface area contributed by atoms with Gasteiger partial charge in [-0.15, -0.1) is 6.58 Å². The Kier molecular flexibility index (Phi) is 17.1. The molecule has 3 saturated heterocycles. The van der Waals surface area contributed by atoms with Crippen LogP contribution in [0, 0.1) is 0 Å². The largest absolute Gasteiger partial charge is 0.497 e. The fourth-order valence-corrected chi connectivity index (χ4v) is 8.25. The standard InChI is InChI=1S/C53H58O13/c1-4-29-57-52-49(60-33-39-21-13-7-14-22-39)47(58-31-37-17-9-5-10-18-37)45(43(63-52)34-56-30-40-25-27-42(55-3)28-26-40)66-53-50(62-36(2)54)48(59-32-38-19-11-6-12-20-38)46-44(64-53)35-61-51(65-46)41-23-15-8-16-24-41/h4-28,43-53H,1,29-35H2,2-3H3/t43-,44-,45-,46-,47+,48+,49-,50-,51-,52-,53+/m1/s1. The second-order valence-electron chi connectivity index (χ2n) is 16.2. The molecule has 13 heteroatoms. The van der Waals surface area contributed by atoms with Gasteiger partial charge in [0.05, 0.1) is 53.4 Å². The van der Waals surface area contributed by atoms with Gasteiger partial charge >= 0.3 is 5.97 Å². The van der Waals surface area contributed by atoms with Crippen molar-refractivity contribution in [1.82, 2.24) is 0 Å². The summed E-state index contributed by atoms with van der Waals surface area (Å²) in [6.45, 7) is 6.42. The van der Waals surface area contributed by atoms with Crippen molar-refractivity contribution in [3.63, 3.8) is 0 Å². The first kappa shape index (κ1) is 47.2. The maximum Gasteiger partial charge on any atom is 0.303 e. The highest BCUT2D eigenvalue weighted by atomic mass is 16.8. The summed E-state index contributed by atoms with van der Waals surface area (Å²) < 4.78 is 78.5. The van der Waals surface area contributed by atoms with Gasteiger partial charge in [0, 0.05) is 12.5 Å². The quantitative estimate of drug-likeness (QED) is 0.0521. The fraction of sp³-hybridized carbons (Fsp3) is 0.377. The first-order chi connectivity index (χ1) is 32.4. The number of rotatable bonds is 21. The number of esters is 1. The van der Waals surface area contributed by atoms with Gasteiger partial charge in [-0.25, -0.2) is 0 Å². The molecule has 66 heavy (non-hydrogen) atoms. The Balaban J connectivity index is 1.15. The zero-order valence-corrected chi connectivity index (χ0v) is 37.2. The maximum absolute atomic E-state index is 13.2. The summed E-state index contributed by atoms with van der Waals surface area (Å²) >= 11 is 0. The van der Waals surface area contributed by atoms with E-state index in [9.17, 15) is 4.79 Å². The van der Waals surface area contributed by atoms with Gasteiger partial charge in [-0.3, -0.25) is 4.79 Å². The molecule has 0 radical (unpaired) electrons. The lowest BCUT2D eigenvalue weighted by atomic mass is 9.95. The zero-order valence-electron chi connectivity index (χ0n) is 37.2. The van der Waals surface area contributed by atoms with Crippen LogP contribution in [0.15, 0.2) is 158 Å². The highest BCUT2D eigenvalue weighted by Crippen LogP contribution is 2.40. The average molecular weight is 903 g/mol. The van der Waals surface area contributed by atoms with Gasteiger partial charge in [0.25, 0.3) is 0 Å². The monoisotopic (exact) mass is 902 g/mol. The highest BCUT2D eigenvalue weighted by molar-refractivity contribution is 5.66. The lowest BCUT2D eigenvalue weighted by Crippen LogP contribution is -2.67. The van der Waals surface area contributed by atoms with Crippen molar-refractivity contribution < 1.29 is 61.6 Å². The summed E-state index contributed by atoms with van der Waals surface area (Å²) in [7, 11) is 1.62. The Morgan fingerprint density at radius 1 is 0.606 bits per heavy atom. The smallest absolute Gasteiger partial charge is 0.303 e. The molecule has 11 atom stereocenters. The number of carbonyl (C=O) groups excluding carboxylic acids is 1. The molecule has 3 aliphatic heterocycles. The predicted molar refractivity (Wildman–Crippen MR) is 242 cm³/mol. The number of fused-ring (bicyclic) bond motifs is 1. The minimum atomic E-state index is -1.24. The second-order valence-corrected chi connectivity index (χ2v) is 16.2. The molecule has 13 nitrogen and oxygen atoms in total. The van der Waals surface area contributed by atoms with Crippen molar-refractivity contribution >= 4 is 5.97 Å². The van der Waals surface area contributed by atoms with E-state index in [0.717, 1.165) is 33.6 Å². The Morgan fingerprint density at radius 2 is 1.17 bits per heavy atom. The van der Waals surface area contributed by atoms with E-state index in [1.165, 1.54) is 6.92 Å². The number of benzene rings is 5. The lowest BCUT2D eigenvalue weighted by molar-refractivity contribution is -0.393. The SMILES string of the molecule is C=CCO[C@@H]1O[C@H](COCc2ccc(OC)cc2)[C@@H](O[C@@H]2O[C@@H]3CO[C@@H](c4ccccc4)O[C@H]3[C@H](OCc3ccccc3)[C@H]2OC(C)=O)[C@H](OCc2ccccc2)[C@H]1OCc1ccccc1. The first-order valence-electron chi connectivity index (χ1n) is 22.3. The van der Waals surface area contributed by atoms with E-state index in [0.29, 0.717) is 0 Å². The van der Waals surface area contributed by atoms with Gasteiger partial charge in [-0.05, 0) is 34.4 Å². The molecule has 3 aliphatic rings. The van der Waals surface area contributed by atoms with Crippen LogP contribution >= 0.6 is 0 Å². The Morgan fingerprint density at radius 3 is 1.74 bits per heavy atom. The first-order valence-corrected chi connectivity index (χ1v) is 22.3. The number of hydrogen-bond donors (Lipinski definition) is 0. The molecule has 0 aromatic heterocycles. The lowest BCUT2D eigenvalue weighted by Gasteiger charge is -2.51. The topological polar surface area (TPSA) is 128 Å². The summed E-state index contributed by atoms with van der Waals surface area (Å²) in [6, 6.07) is 46.7. The van der Waals surface area contributed by atoms with Crippen LogP contribution in [0.25, 0.3) is 0 Å². The van der Waals surface area contributed by atoms with Crippen molar-refractivity contribution in [1.29, 1.82) is 0 Å². The minimum absolute atomic E-state index is 0.0389. The maximum atomic E-state index is 13.2. The summed E-state index contributed by atoms with van der Waals surface area (Å²) in [5, 5.41) is 0. The molecule has 5 aromatic carbocycles. The normalized spacial score (nSPS) is 27.3. The number of ether oxygens (including phenoxy) is 12. The van der Waals surface area contributed by atoms with Crippen molar-refractivity contribution in [3.8, 4) is 5.75 Å². The molecule has 8 rings (SSSR count). The molecular formula is C53H58O13. The van der Waals surface area contributed by atoms with E-state index >= 15 is 0 Å². The summed E-state index contributed by atoms with van der Waals surface area (Å²) in [5.41, 5.74) is 4.52. The Hall–Kier alpha value is -5.29. The van der Waals surface area contributed by atoms with Gasteiger partial charge in [0.2, 0.25) is 0 Å². The molecule has 0 amide bonds. The summed E-state index contributed by atoms with van der Waals surface area (Å²) in [5.74, 6) is 0.172. The third-order valence-corrected chi connectivity index (χ3v) is 11.5. The molecular weight excluding hydrogens is 845 g/mol. The number of hydrogen-bond acceptors (Lipinski definition) is 13. The van der Waals surface area contributed by atoms with Crippen LogP contribution in [-0.2, 0) is 83.3 Å². The van der Waals surface area contributed by atoms with Gasteiger partial charge in [0.1, 0.15) is 48.5 Å². The summed E-state index contributed by atoms with van der Waals surface area (Å²) in [6.07, 6.45) is -8.20. The van der Waals surface area contributed by atoms with Crippen molar-refractivity contribution in [2.24, 2.45) is 0 Å². The van der Waals surface area contributed by atoms with Crippen molar-refractivity contribution in [3.05, 3.63) is 186 Å². The van der Waals surface area contributed by atoms with Crippen LogP contribution in [0.4, 0.5) is 0 Å². The zero-order chi connectivity index (χ0) is 45.5. The van der Waals surface area contributed by atoms with E-state index in [-0.39, 0.29) is 46.2 Å². The van der Waals surface area contributed by atoms with Gasteiger partial charge < -0.3 is 56.8 Å². The van der Waals surface area contributed by atoms with Crippen LogP contribution in [0.3, 0.4) is 0 Å². The van der Waals surface area contributed by atoms with Crippen LogP contribution in [0.2, 0.25) is 0 Å². The highest BCUT2D eigenvalue weighted by Gasteiger charge is 2.56. The Labute approximate surface area is 386 Å². The molecule has 0 aliphatic carbocycles. The molecule has 0 N–H and O–H groups in total. The molecule has 0 spiro atoms. The number of methoxy groups -OCH3 is 1. The fourth-order valence-electron chi connectivity index (χ4n) is 8.25. The second kappa shape index (κ2) is 23.9. The molecule has 3 heterocycles. The van der Waals surface area contributed by atoms with Gasteiger partial charge in [0.15, 0.2) is 25.0 Å². The van der Waals surface area contributed by atoms with Crippen LogP contribution in [0.5, 0.6) is 5.75 Å². The van der Waals surface area contributed by atoms with E-state index in [1.807, 2.05) is 146 Å². The van der Waals surface area contributed by atoms with Crippen molar-refractivity contribution in [2.75, 3.05) is 26.9 Å². The molecule has 0 bridgehead atoms. The molecule has 0 unspecified atom stereocenters. The molecule has 5 aromatic rings. The van der Waals surface area contributed by atoms with E-state index in [4.69, 9.17) is 56.8 Å². The predicted octanol–water partition coefficient (Wildman–Crippen LogP) is 8.05. The minimum Gasteiger partial charge on any atom is -0.497 e. The third kappa shape index (κ3) is 12.6. The third-order valence-electron chi connectivity index (χ3n) is 11.5. The van der Waals surface area contributed by atoms with Crippen LogP contribution in [0.1, 0.15) is 41.0 Å². The van der Waals surface area contributed by atoms with Gasteiger partial charge in [-0.1, -0.05) is 140 Å². The molecule has 348 valence electrons. The van der Waals surface area contributed by atoms with Crippen molar-refractivity contribution in [2.45, 2.75) is 101 Å². The molecule has 3 fully saturated rings. The van der Waals surface area contributed by atoms with E-state index in [2.05, 4.69) is 6.58 Å². The Bertz CT molecular complexity index is 2200. The van der Waals surface area contributed by atoms with Crippen LogP contribution < -0.4 is 4.74 Å². The molecule has 0 saturated carbocycles. The van der Waals surface area contributed by atoms with E-state index < -0.39 is 73.7 Å². The van der Waals surface area contributed by atoms with Crippen LogP contribution in [-0.4, -0.2) is 94.3 Å². The van der Waals surface area contributed by atoms with Gasteiger partial charge in [-0.2, -0.15) is 0 Å².